The number of hydrogen-bond donors (Lipinski definition) is 1. The van der Waals surface area contributed by atoms with E-state index in [1.165, 1.54) is 0 Å². The molecular weight excluding hydrogens is 256 g/mol. The molecule has 0 spiro atoms. The van der Waals surface area contributed by atoms with Gasteiger partial charge in [0.25, 0.3) is 0 Å². The van der Waals surface area contributed by atoms with Crippen molar-refractivity contribution < 1.29 is 9.32 Å². The van der Waals surface area contributed by atoms with E-state index in [0.29, 0.717) is 17.4 Å². The summed E-state index contributed by atoms with van der Waals surface area (Å²) in [7, 11) is 0. The van der Waals surface area contributed by atoms with Gasteiger partial charge in [0.1, 0.15) is 17.4 Å². The van der Waals surface area contributed by atoms with E-state index in [2.05, 4.69) is 20.4 Å². The van der Waals surface area contributed by atoms with Crippen LogP contribution in [0.4, 0.5) is 5.82 Å². The van der Waals surface area contributed by atoms with Crippen molar-refractivity contribution in [1.82, 2.24) is 15.1 Å². The van der Waals surface area contributed by atoms with Gasteiger partial charge in [-0.25, -0.2) is 9.97 Å². The van der Waals surface area contributed by atoms with E-state index < -0.39 is 0 Å². The highest BCUT2D eigenvalue weighted by Crippen LogP contribution is 2.14. The Labute approximate surface area is 117 Å². The quantitative estimate of drug-likeness (QED) is 0.923. The second kappa shape index (κ2) is 5.81. The fraction of sp³-hybridized carbons (Fsp3) is 0.429. The molecule has 6 heteroatoms. The van der Waals surface area contributed by atoms with Crippen molar-refractivity contribution in [1.29, 1.82) is 0 Å². The topological polar surface area (TPSA) is 80.9 Å². The fourth-order valence-corrected chi connectivity index (χ4v) is 1.98. The molecule has 0 atom stereocenters. The van der Waals surface area contributed by atoms with Gasteiger partial charge in [0, 0.05) is 17.3 Å². The monoisotopic (exact) mass is 274 g/mol. The Hall–Kier alpha value is -2.24. The van der Waals surface area contributed by atoms with Gasteiger partial charge in [-0.2, -0.15) is 0 Å². The average Bonchev–Trinajstić information content (AvgIpc) is 2.69. The minimum absolute atomic E-state index is 0.139. The van der Waals surface area contributed by atoms with Gasteiger partial charge in [0.15, 0.2) is 0 Å². The number of rotatable bonds is 4. The lowest BCUT2D eigenvalue weighted by molar-refractivity contribution is -0.115. The van der Waals surface area contributed by atoms with E-state index in [4.69, 9.17) is 4.52 Å². The van der Waals surface area contributed by atoms with E-state index in [1.807, 2.05) is 20.8 Å². The molecule has 106 valence electrons. The number of aromatic nitrogens is 3. The number of aryl methyl sites for hydroxylation is 4. The standard InChI is InChI=1S/C14H18N4O2/c1-5-11-6-13(16-10(4)15-11)17-14(19)7-12-8(2)18-20-9(12)3/h6H,5,7H2,1-4H3,(H,15,16,17,19). The van der Waals surface area contributed by atoms with Crippen molar-refractivity contribution in [2.45, 2.75) is 40.5 Å². The molecule has 1 amide bonds. The summed E-state index contributed by atoms with van der Waals surface area (Å²) >= 11 is 0. The van der Waals surface area contributed by atoms with Crippen LogP contribution in [0.2, 0.25) is 0 Å². The maximum atomic E-state index is 12.1. The molecule has 2 aromatic heterocycles. The van der Waals surface area contributed by atoms with E-state index in [1.54, 1.807) is 13.0 Å². The van der Waals surface area contributed by atoms with Gasteiger partial charge in [0.2, 0.25) is 5.91 Å². The van der Waals surface area contributed by atoms with Gasteiger partial charge in [-0.3, -0.25) is 4.79 Å². The molecule has 1 N–H and O–H groups in total. The molecule has 2 heterocycles. The fourth-order valence-electron chi connectivity index (χ4n) is 1.98. The number of carbonyl (C=O) groups is 1. The molecule has 0 fully saturated rings. The molecule has 0 bridgehead atoms. The molecule has 0 aliphatic heterocycles. The lowest BCUT2D eigenvalue weighted by atomic mass is 10.1. The van der Waals surface area contributed by atoms with Crippen LogP contribution < -0.4 is 5.32 Å². The van der Waals surface area contributed by atoms with Crippen LogP contribution in [-0.4, -0.2) is 21.0 Å². The number of amides is 1. The first kappa shape index (κ1) is 14.2. The lowest BCUT2D eigenvalue weighted by Gasteiger charge is -2.06. The predicted octanol–water partition coefficient (Wildman–Crippen LogP) is 2.13. The maximum Gasteiger partial charge on any atom is 0.230 e. The van der Waals surface area contributed by atoms with Crippen molar-refractivity contribution in [3.05, 3.63) is 34.6 Å². The second-order valence-corrected chi connectivity index (χ2v) is 4.67. The highest BCUT2D eigenvalue weighted by Gasteiger charge is 2.14. The Kier molecular flexibility index (Phi) is 4.12. The van der Waals surface area contributed by atoms with Crippen LogP contribution in [0.3, 0.4) is 0 Å². The van der Waals surface area contributed by atoms with E-state index >= 15 is 0 Å². The summed E-state index contributed by atoms with van der Waals surface area (Å²) in [6.45, 7) is 7.44. The highest BCUT2D eigenvalue weighted by atomic mass is 16.5. The Balaban J connectivity index is 2.10. The molecule has 20 heavy (non-hydrogen) atoms. The molecule has 0 aromatic carbocycles. The Bertz CT molecular complexity index is 615. The summed E-state index contributed by atoms with van der Waals surface area (Å²) in [5.74, 6) is 1.72. The average molecular weight is 274 g/mol. The summed E-state index contributed by atoms with van der Waals surface area (Å²) in [5.41, 5.74) is 2.47. The van der Waals surface area contributed by atoms with Crippen LogP contribution in [0, 0.1) is 20.8 Å². The highest BCUT2D eigenvalue weighted by molar-refractivity contribution is 5.91. The zero-order chi connectivity index (χ0) is 14.7. The summed E-state index contributed by atoms with van der Waals surface area (Å²) in [5, 5.41) is 6.63. The third-order valence-corrected chi connectivity index (χ3v) is 3.04. The number of hydrogen-bond acceptors (Lipinski definition) is 5. The van der Waals surface area contributed by atoms with Gasteiger partial charge in [-0.15, -0.1) is 0 Å². The SMILES string of the molecule is CCc1cc(NC(=O)Cc2c(C)noc2C)nc(C)n1. The Morgan fingerprint density at radius 2 is 2.05 bits per heavy atom. The van der Waals surface area contributed by atoms with Crippen molar-refractivity contribution >= 4 is 11.7 Å². The number of anilines is 1. The van der Waals surface area contributed by atoms with Gasteiger partial charge in [-0.05, 0) is 27.2 Å². The molecule has 0 unspecified atom stereocenters. The predicted molar refractivity (Wildman–Crippen MR) is 74.5 cm³/mol. The van der Waals surface area contributed by atoms with Gasteiger partial charge < -0.3 is 9.84 Å². The van der Waals surface area contributed by atoms with Crippen LogP contribution in [0.5, 0.6) is 0 Å². The summed E-state index contributed by atoms with van der Waals surface area (Å²) in [6, 6.07) is 1.79. The smallest absolute Gasteiger partial charge is 0.230 e. The molecule has 2 aromatic rings. The van der Waals surface area contributed by atoms with Gasteiger partial charge in [-0.1, -0.05) is 12.1 Å². The van der Waals surface area contributed by atoms with Crippen LogP contribution in [0.25, 0.3) is 0 Å². The van der Waals surface area contributed by atoms with Gasteiger partial charge >= 0.3 is 0 Å². The third-order valence-electron chi connectivity index (χ3n) is 3.04. The zero-order valence-corrected chi connectivity index (χ0v) is 12.1. The first-order chi connectivity index (χ1) is 9.49. The number of nitrogens with one attached hydrogen (secondary N) is 1. The first-order valence-corrected chi connectivity index (χ1v) is 6.55. The molecule has 6 nitrogen and oxygen atoms in total. The summed E-state index contributed by atoms with van der Waals surface area (Å²) in [6.07, 6.45) is 1.03. The minimum Gasteiger partial charge on any atom is -0.361 e. The number of carbonyl (C=O) groups excluding carboxylic acids is 1. The van der Waals surface area contributed by atoms with Crippen molar-refractivity contribution in [2.75, 3.05) is 5.32 Å². The largest absolute Gasteiger partial charge is 0.361 e. The molecule has 0 saturated carbocycles. The van der Waals surface area contributed by atoms with Crippen molar-refractivity contribution in [3.63, 3.8) is 0 Å². The Morgan fingerprint density at radius 1 is 1.30 bits per heavy atom. The third kappa shape index (κ3) is 3.20. The maximum absolute atomic E-state index is 12.1. The van der Waals surface area contributed by atoms with Gasteiger partial charge in [0.05, 0.1) is 12.1 Å². The molecule has 0 aliphatic rings. The molecule has 0 aliphatic carbocycles. The Morgan fingerprint density at radius 3 is 2.65 bits per heavy atom. The van der Waals surface area contributed by atoms with Crippen LogP contribution in [0.1, 0.15) is 35.5 Å². The second-order valence-electron chi connectivity index (χ2n) is 4.67. The van der Waals surface area contributed by atoms with Crippen molar-refractivity contribution in [3.8, 4) is 0 Å². The zero-order valence-electron chi connectivity index (χ0n) is 12.1. The van der Waals surface area contributed by atoms with Crippen molar-refractivity contribution in [2.24, 2.45) is 0 Å². The first-order valence-electron chi connectivity index (χ1n) is 6.55. The van der Waals surface area contributed by atoms with E-state index in [9.17, 15) is 4.79 Å². The summed E-state index contributed by atoms with van der Waals surface area (Å²) < 4.78 is 5.05. The molecule has 0 radical (unpaired) electrons. The normalized spacial score (nSPS) is 10.6. The molecule has 0 saturated heterocycles. The summed E-state index contributed by atoms with van der Waals surface area (Å²) in [4.78, 5) is 20.5. The minimum atomic E-state index is -0.139. The van der Waals surface area contributed by atoms with E-state index in [0.717, 1.165) is 23.4 Å². The van der Waals surface area contributed by atoms with Crippen LogP contribution in [0.15, 0.2) is 10.6 Å². The van der Waals surface area contributed by atoms with Crippen LogP contribution >= 0.6 is 0 Å². The molecular formula is C14H18N4O2. The lowest BCUT2D eigenvalue weighted by Crippen LogP contribution is -2.17. The van der Waals surface area contributed by atoms with Crippen LogP contribution in [-0.2, 0) is 17.6 Å². The molecule has 2 rings (SSSR count). The number of nitrogens with zero attached hydrogens (tertiary/aromatic N) is 3. The van der Waals surface area contributed by atoms with E-state index in [-0.39, 0.29) is 12.3 Å².